The Bertz CT molecular complexity index is 532. The quantitative estimate of drug-likeness (QED) is 0.498. The largest absolute Gasteiger partial charge is 0.307 e. The van der Waals surface area contributed by atoms with Gasteiger partial charge in [0.1, 0.15) is 0 Å². The summed E-state index contributed by atoms with van der Waals surface area (Å²) in [6.45, 7) is 0. The lowest BCUT2D eigenvalue weighted by Gasteiger charge is -2.05. The molecule has 5 heteroatoms. The van der Waals surface area contributed by atoms with Crippen LogP contribution in [-0.2, 0) is 7.05 Å². The van der Waals surface area contributed by atoms with Crippen molar-refractivity contribution in [2.45, 2.75) is 0 Å². The van der Waals surface area contributed by atoms with Crippen LogP contribution in [0.25, 0.3) is 10.8 Å². The average Bonchev–Trinajstić information content (AvgIpc) is 2.23. The number of anilines is 1. The van der Waals surface area contributed by atoms with Gasteiger partial charge in [-0.1, -0.05) is 18.2 Å². The molecule has 0 atom stereocenters. The van der Waals surface area contributed by atoms with E-state index in [0.29, 0.717) is 11.2 Å². The van der Waals surface area contributed by atoms with Crippen molar-refractivity contribution in [3.8, 4) is 0 Å². The Morgan fingerprint density at radius 2 is 2.00 bits per heavy atom. The Morgan fingerprint density at radius 3 is 2.64 bits per heavy atom. The Hall–Kier alpha value is -1.88. The van der Waals surface area contributed by atoms with Gasteiger partial charge in [-0.3, -0.25) is 4.79 Å². The maximum Gasteiger partial charge on any atom is 0.274 e. The van der Waals surface area contributed by atoms with Gasteiger partial charge in [0, 0.05) is 12.4 Å². The molecule has 0 saturated heterocycles. The van der Waals surface area contributed by atoms with Crippen molar-refractivity contribution < 1.29 is 0 Å². The van der Waals surface area contributed by atoms with E-state index in [4.69, 9.17) is 5.84 Å². The zero-order chi connectivity index (χ0) is 10.1. The van der Waals surface area contributed by atoms with Crippen LogP contribution in [0.5, 0.6) is 0 Å². The van der Waals surface area contributed by atoms with Gasteiger partial charge in [-0.15, -0.1) is 0 Å². The normalized spacial score (nSPS) is 10.4. The maximum atomic E-state index is 11.6. The molecule has 1 aromatic heterocycles. The molecule has 1 aromatic carbocycles. The maximum absolute atomic E-state index is 11.6. The molecule has 0 aliphatic heterocycles. The van der Waals surface area contributed by atoms with E-state index in [1.165, 1.54) is 4.68 Å². The minimum Gasteiger partial charge on any atom is -0.307 e. The van der Waals surface area contributed by atoms with Gasteiger partial charge in [0.2, 0.25) is 0 Å². The summed E-state index contributed by atoms with van der Waals surface area (Å²) in [6, 6.07) is 7.20. The standard InChI is InChI=1S/C9H10N4O/c1-13-9(14)7-5-3-2-4-6(7)8(11-10)12-13/h2-5H,10H2,1H3,(H,11,12). The van der Waals surface area contributed by atoms with Crippen LogP contribution in [0.3, 0.4) is 0 Å². The Labute approximate surface area is 80.1 Å². The monoisotopic (exact) mass is 190 g/mol. The molecule has 0 unspecified atom stereocenters. The molecule has 3 N–H and O–H groups in total. The second-order valence-corrected chi connectivity index (χ2v) is 2.97. The number of nitrogens with zero attached hydrogens (tertiary/aromatic N) is 2. The SMILES string of the molecule is Cn1nc(NN)c2ccccc2c1=O. The van der Waals surface area contributed by atoms with E-state index in [0.717, 1.165) is 5.39 Å². The summed E-state index contributed by atoms with van der Waals surface area (Å²) in [5.41, 5.74) is 2.34. The first-order chi connectivity index (χ1) is 6.74. The molecule has 0 bridgehead atoms. The zero-order valence-electron chi connectivity index (χ0n) is 7.69. The fraction of sp³-hybridized carbons (Fsp3) is 0.111. The van der Waals surface area contributed by atoms with Crippen LogP contribution in [0, 0.1) is 0 Å². The minimum atomic E-state index is -0.125. The minimum absolute atomic E-state index is 0.125. The number of nitrogens with one attached hydrogen (secondary N) is 1. The van der Waals surface area contributed by atoms with E-state index in [9.17, 15) is 4.79 Å². The van der Waals surface area contributed by atoms with Gasteiger partial charge in [0.25, 0.3) is 5.56 Å². The highest BCUT2D eigenvalue weighted by Gasteiger charge is 2.05. The van der Waals surface area contributed by atoms with Crippen molar-refractivity contribution in [3.05, 3.63) is 34.6 Å². The van der Waals surface area contributed by atoms with Gasteiger partial charge in [-0.25, -0.2) is 10.5 Å². The third kappa shape index (κ3) is 1.14. The van der Waals surface area contributed by atoms with Crippen LogP contribution >= 0.6 is 0 Å². The second-order valence-electron chi connectivity index (χ2n) is 2.97. The summed E-state index contributed by atoms with van der Waals surface area (Å²) in [4.78, 5) is 11.6. The van der Waals surface area contributed by atoms with Crippen LogP contribution < -0.4 is 16.8 Å². The molecular formula is C9H10N4O. The van der Waals surface area contributed by atoms with Crippen molar-refractivity contribution in [3.63, 3.8) is 0 Å². The lowest BCUT2D eigenvalue weighted by atomic mass is 10.2. The molecule has 0 spiro atoms. The molecular weight excluding hydrogens is 180 g/mol. The molecule has 2 rings (SSSR count). The number of benzene rings is 1. The van der Waals surface area contributed by atoms with Crippen molar-refractivity contribution >= 4 is 16.6 Å². The van der Waals surface area contributed by atoms with Crippen LogP contribution in [0.1, 0.15) is 0 Å². The number of hydrogen-bond donors (Lipinski definition) is 2. The molecule has 5 nitrogen and oxygen atoms in total. The predicted molar refractivity (Wildman–Crippen MR) is 54.8 cm³/mol. The predicted octanol–water partition coefficient (Wildman–Crippen LogP) is 0.219. The number of hydrogen-bond acceptors (Lipinski definition) is 4. The summed E-state index contributed by atoms with van der Waals surface area (Å²) >= 11 is 0. The summed E-state index contributed by atoms with van der Waals surface area (Å²) < 4.78 is 1.26. The Balaban J connectivity index is 2.97. The van der Waals surface area contributed by atoms with Crippen molar-refractivity contribution in [1.82, 2.24) is 9.78 Å². The number of aromatic nitrogens is 2. The third-order valence-corrected chi connectivity index (χ3v) is 2.09. The van der Waals surface area contributed by atoms with E-state index in [-0.39, 0.29) is 5.56 Å². The average molecular weight is 190 g/mol. The molecule has 14 heavy (non-hydrogen) atoms. The first-order valence-corrected chi connectivity index (χ1v) is 4.16. The van der Waals surface area contributed by atoms with E-state index in [1.54, 1.807) is 19.2 Å². The van der Waals surface area contributed by atoms with Crippen LogP contribution in [0.4, 0.5) is 5.82 Å². The first-order valence-electron chi connectivity index (χ1n) is 4.16. The van der Waals surface area contributed by atoms with E-state index in [1.807, 2.05) is 12.1 Å². The lowest BCUT2D eigenvalue weighted by Crippen LogP contribution is -2.22. The highest BCUT2D eigenvalue weighted by Crippen LogP contribution is 2.15. The number of nitrogen functional groups attached to an aromatic ring is 1. The fourth-order valence-corrected chi connectivity index (χ4v) is 1.41. The second kappa shape index (κ2) is 3.12. The summed E-state index contributed by atoms with van der Waals surface area (Å²) in [5.74, 6) is 5.81. The first kappa shape index (κ1) is 8.71. The molecule has 72 valence electrons. The van der Waals surface area contributed by atoms with Crippen molar-refractivity contribution in [2.24, 2.45) is 12.9 Å². The molecule has 0 aliphatic rings. The Kier molecular flexibility index (Phi) is 1.94. The molecule has 0 fully saturated rings. The smallest absolute Gasteiger partial charge is 0.274 e. The van der Waals surface area contributed by atoms with Gasteiger partial charge in [0.05, 0.1) is 5.39 Å². The zero-order valence-corrected chi connectivity index (χ0v) is 7.69. The number of rotatable bonds is 1. The summed E-state index contributed by atoms with van der Waals surface area (Å²) in [6.07, 6.45) is 0. The van der Waals surface area contributed by atoms with Crippen LogP contribution in [0.2, 0.25) is 0 Å². The van der Waals surface area contributed by atoms with E-state index in [2.05, 4.69) is 10.5 Å². The summed E-state index contributed by atoms with van der Waals surface area (Å²) in [7, 11) is 1.59. The molecule has 1 heterocycles. The molecule has 2 aromatic rings. The van der Waals surface area contributed by atoms with Gasteiger partial charge < -0.3 is 5.43 Å². The highest BCUT2D eigenvalue weighted by molar-refractivity contribution is 5.90. The number of fused-ring (bicyclic) bond motifs is 1. The van der Waals surface area contributed by atoms with Crippen LogP contribution in [0.15, 0.2) is 29.1 Å². The fourth-order valence-electron chi connectivity index (χ4n) is 1.41. The Morgan fingerprint density at radius 1 is 1.36 bits per heavy atom. The van der Waals surface area contributed by atoms with Crippen molar-refractivity contribution in [1.29, 1.82) is 0 Å². The van der Waals surface area contributed by atoms with Crippen molar-refractivity contribution in [2.75, 3.05) is 5.43 Å². The van der Waals surface area contributed by atoms with Gasteiger partial charge in [-0.2, -0.15) is 5.10 Å². The topological polar surface area (TPSA) is 72.9 Å². The van der Waals surface area contributed by atoms with Crippen LogP contribution in [-0.4, -0.2) is 9.78 Å². The number of nitrogens with two attached hydrogens (primary N) is 1. The van der Waals surface area contributed by atoms with E-state index >= 15 is 0 Å². The molecule has 0 aliphatic carbocycles. The number of aryl methyl sites for hydroxylation is 1. The molecule has 0 saturated carbocycles. The summed E-state index contributed by atoms with van der Waals surface area (Å²) in [5, 5.41) is 5.33. The van der Waals surface area contributed by atoms with E-state index < -0.39 is 0 Å². The molecule has 0 radical (unpaired) electrons. The highest BCUT2D eigenvalue weighted by atomic mass is 16.1. The third-order valence-electron chi connectivity index (χ3n) is 2.09. The van der Waals surface area contributed by atoms with Gasteiger partial charge in [-0.05, 0) is 6.07 Å². The molecule has 0 amide bonds. The number of hydrazine groups is 1. The van der Waals surface area contributed by atoms with Gasteiger partial charge >= 0.3 is 0 Å². The van der Waals surface area contributed by atoms with Gasteiger partial charge in [0.15, 0.2) is 5.82 Å². The lowest BCUT2D eigenvalue weighted by molar-refractivity contribution is 0.721.